The summed E-state index contributed by atoms with van der Waals surface area (Å²) in [7, 11) is 3.43. The molecule has 1 unspecified atom stereocenters. The number of hydrogen-bond donors (Lipinski definition) is 4. The fourth-order valence-corrected chi connectivity index (χ4v) is 1.97. The number of nitrogens with two attached hydrogens (primary N) is 1. The van der Waals surface area contributed by atoms with Crippen molar-refractivity contribution in [3.8, 4) is 0 Å². The Morgan fingerprint density at radius 2 is 2.00 bits per heavy atom. The first-order valence-electron chi connectivity index (χ1n) is 6.50. The maximum absolute atomic E-state index is 11.3. The van der Waals surface area contributed by atoms with Crippen LogP contribution in [0.1, 0.15) is 16.8 Å². The normalized spacial score (nSPS) is 13.0. The number of carbonyl (C=O) groups is 3. The van der Waals surface area contributed by atoms with E-state index in [1.807, 2.05) is 0 Å². The second-order valence-electron chi connectivity index (χ2n) is 4.99. The first kappa shape index (κ1) is 17.4. The highest BCUT2D eigenvalue weighted by Gasteiger charge is 2.21. The Balaban J connectivity index is 3.09. The summed E-state index contributed by atoms with van der Waals surface area (Å²) in [5.74, 6) is -2.22. The van der Waals surface area contributed by atoms with E-state index in [4.69, 9.17) is 10.8 Å². The van der Waals surface area contributed by atoms with E-state index >= 15 is 0 Å². The fraction of sp³-hybridized carbons (Fsp3) is 0.357. The van der Waals surface area contributed by atoms with Crippen molar-refractivity contribution < 1.29 is 24.6 Å². The molecule has 0 aliphatic heterocycles. The molecule has 1 aromatic carbocycles. The molecule has 0 saturated heterocycles. The molecule has 0 radical (unpaired) electrons. The number of nitrogens with zero attached hydrogens (tertiary/aromatic N) is 1. The van der Waals surface area contributed by atoms with Crippen molar-refractivity contribution in [2.75, 3.05) is 24.3 Å². The van der Waals surface area contributed by atoms with Crippen LogP contribution < -0.4 is 16.0 Å². The van der Waals surface area contributed by atoms with Gasteiger partial charge in [-0.15, -0.1) is 0 Å². The average molecular weight is 309 g/mol. The van der Waals surface area contributed by atoms with Crippen LogP contribution in [0.15, 0.2) is 18.2 Å². The van der Waals surface area contributed by atoms with Crippen LogP contribution in [0.25, 0.3) is 0 Å². The lowest BCUT2D eigenvalue weighted by molar-refractivity contribution is -0.137. The van der Waals surface area contributed by atoms with Crippen LogP contribution in [0.3, 0.4) is 0 Å². The fourth-order valence-electron chi connectivity index (χ4n) is 1.97. The van der Waals surface area contributed by atoms with Crippen LogP contribution in [0.5, 0.6) is 0 Å². The molecule has 0 fully saturated rings. The smallest absolute Gasteiger partial charge is 0.337 e. The molecule has 22 heavy (non-hydrogen) atoms. The van der Waals surface area contributed by atoms with E-state index < -0.39 is 24.0 Å². The molecule has 0 heterocycles. The molecule has 0 bridgehead atoms. The van der Waals surface area contributed by atoms with Crippen molar-refractivity contribution in [1.82, 2.24) is 0 Å². The van der Waals surface area contributed by atoms with Crippen molar-refractivity contribution in [1.29, 1.82) is 0 Å². The molecule has 0 saturated carbocycles. The molecule has 0 spiro atoms. The molecule has 8 nitrogen and oxygen atoms in total. The Kier molecular flexibility index (Phi) is 5.88. The summed E-state index contributed by atoms with van der Waals surface area (Å²) in [6, 6.07) is 2.73. The second-order valence-corrected chi connectivity index (χ2v) is 4.99. The van der Waals surface area contributed by atoms with Crippen molar-refractivity contribution in [3.05, 3.63) is 23.8 Å². The summed E-state index contributed by atoms with van der Waals surface area (Å²) >= 11 is 0. The Morgan fingerprint density at radius 1 is 1.36 bits per heavy atom. The molecule has 120 valence electrons. The molecule has 0 amide bonds. The van der Waals surface area contributed by atoms with E-state index in [9.17, 15) is 19.5 Å². The topological polar surface area (TPSA) is 133 Å². The SMILES string of the molecule is CN(C)c1ccc(NC(CC(=O)O)[C@H](N)C=O)cc1C(=O)O. The quantitative estimate of drug-likeness (QED) is 0.502. The minimum absolute atomic E-state index is 0.0590. The Labute approximate surface area is 127 Å². The van der Waals surface area contributed by atoms with Gasteiger partial charge in [-0.05, 0) is 18.2 Å². The summed E-state index contributed by atoms with van der Waals surface area (Å²) in [6.45, 7) is 0. The van der Waals surface area contributed by atoms with E-state index in [-0.39, 0.29) is 12.0 Å². The van der Waals surface area contributed by atoms with Gasteiger partial charge in [-0.1, -0.05) is 0 Å². The third-order valence-corrected chi connectivity index (χ3v) is 3.08. The van der Waals surface area contributed by atoms with Crippen LogP contribution in [-0.4, -0.2) is 54.6 Å². The van der Waals surface area contributed by atoms with Crippen molar-refractivity contribution in [2.24, 2.45) is 5.73 Å². The van der Waals surface area contributed by atoms with Crippen LogP contribution in [0.2, 0.25) is 0 Å². The van der Waals surface area contributed by atoms with Gasteiger partial charge in [-0.2, -0.15) is 0 Å². The van der Waals surface area contributed by atoms with Gasteiger partial charge in [0.05, 0.1) is 29.8 Å². The summed E-state index contributed by atoms with van der Waals surface area (Å²) in [6.07, 6.45) is 0.0879. The van der Waals surface area contributed by atoms with Gasteiger partial charge in [0.1, 0.15) is 6.29 Å². The molecule has 1 aromatic rings. The molecule has 0 aromatic heterocycles. The molecule has 8 heteroatoms. The number of carboxylic acids is 2. The molecule has 0 aliphatic rings. The largest absolute Gasteiger partial charge is 0.481 e. The number of aliphatic carboxylic acids is 1. The van der Waals surface area contributed by atoms with Gasteiger partial charge in [-0.25, -0.2) is 4.79 Å². The first-order valence-corrected chi connectivity index (χ1v) is 6.50. The predicted molar refractivity (Wildman–Crippen MR) is 81.4 cm³/mol. The number of aromatic carboxylic acids is 1. The van der Waals surface area contributed by atoms with E-state index in [0.717, 1.165) is 0 Å². The maximum atomic E-state index is 11.3. The number of carboxylic acid groups (broad SMARTS) is 2. The van der Waals surface area contributed by atoms with Crippen molar-refractivity contribution >= 4 is 29.6 Å². The number of rotatable bonds is 8. The lowest BCUT2D eigenvalue weighted by Crippen LogP contribution is -2.43. The van der Waals surface area contributed by atoms with E-state index in [1.165, 1.54) is 6.07 Å². The summed E-state index contributed by atoms with van der Waals surface area (Å²) < 4.78 is 0. The summed E-state index contributed by atoms with van der Waals surface area (Å²) in [5.41, 5.74) is 6.52. The van der Waals surface area contributed by atoms with Gasteiger partial charge in [0.15, 0.2) is 0 Å². The third kappa shape index (κ3) is 4.45. The highest BCUT2D eigenvalue weighted by Crippen LogP contribution is 2.23. The van der Waals surface area contributed by atoms with E-state index in [2.05, 4.69) is 5.32 Å². The van der Waals surface area contributed by atoms with E-state index in [0.29, 0.717) is 17.7 Å². The zero-order valence-electron chi connectivity index (χ0n) is 12.3. The Bertz CT molecular complexity index is 574. The molecular formula is C14H19N3O5. The zero-order chi connectivity index (χ0) is 16.9. The Morgan fingerprint density at radius 3 is 2.45 bits per heavy atom. The highest BCUT2D eigenvalue weighted by atomic mass is 16.4. The van der Waals surface area contributed by atoms with Crippen LogP contribution in [0, 0.1) is 0 Å². The van der Waals surface area contributed by atoms with Gasteiger partial charge in [0.25, 0.3) is 0 Å². The minimum Gasteiger partial charge on any atom is -0.481 e. The number of benzene rings is 1. The van der Waals surface area contributed by atoms with Crippen LogP contribution in [-0.2, 0) is 9.59 Å². The lowest BCUT2D eigenvalue weighted by atomic mass is 10.1. The molecule has 0 aliphatic carbocycles. The van der Waals surface area contributed by atoms with Gasteiger partial charge < -0.3 is 31.0 Å². The number of anilines is 2. The summed E-state index contributed by atoms with van der Waals surface area (Å²) in [5, 5.41) is 20.9. The van der Waals surface area contributed by atoms with Gasteiger partial charge in [0, 0.05) is 19.8 Å². The van der Waals surface area contributed by atoms with Crippen LogP contribution >= 0.6 is 0 Å². The first-order chi connectivity index (χ1) is 10.3. The van der Waals surface area contributed by atoms with Crippen molar-refractivity contribution in [3.63, 3.8) is 0 Å². The zero-order valence-corrected chi connectivity index (χ0v) is 12.3. The minimum atomic E-state index is -1.11. The number of carbonyl (C=O) groups excluding carboxylic acids is 1. The number of aldehydes is 1. The van der Waals surface area contributed by atoms with Gasteiger partial charge in [-0.3, -0.25) is 4.79 Å². The number of hydrogen-bond acceptors (Lipinski definition) is 6. The lowest BCUT2D eigenvalue weighted by Gasteiger charge is -2.22. The van der Waals surface area contributed by atoms with E-state index in [1.54, 1.807) is 31.1 Å². The molecule has 2 atom stereocenters. The molecule has 1 rings (SSSR count). The summed E-state index contributed by atoms with van der Waals surface area (Å²) in [4.78, 5) is 34.6. The monoisotopic (exact) mass is 309 g/mol. The third-order valence-electron chi connectivity index (χ3n) is 3.08. The molecular weight excluding hydrogens is 290 g/mol. The number of nitrogens with one attached hydrogen (secondary N) is 1. The van der Waals surface area contributed by atoms with Gasteiger partial charge in [0.2, 0.25) is 0 Å². The predicted octanol–water partition coefficient (Wildman–Crippen LogP) is 0.232. The molecule has 5 N–H and O–H groups in total. The van der Waals surface area contributed by atoms with Crippen molar-refractivity contribution in [2.45, 2.75) is 18.5 Å². The highest BCUT2D eigenvalue weighted by molar-refractivity contribution is 5.95. The van der Waals surface area contributed by atoms with Gasteiger partial charge >= 0.3 is 11.9 Å². The average Bonchev–Trinajstić information content (AvgIpc) is 2.44. The second kappa shape index (κ2) is 7.41. The maximum Gasteiger partial charge on any atom is 0.337 e. The van der Waals surface area contributed by atoms with Crippen LogP contribution in [0.4, 0.5) is 11.4 Å². The Hall–Kier alpha value is -2.61. The standard InChI is InChI=1S/C14H19N3O5/c1-17(2)12-4-3-8(5-9(12)14(21)22)16-11(6-13(19)20)10(15)7-18/h3-5,7,10-11,16H,6,15H2,1-2H3,(H,19,20)(H,21,22)/t10-,11?/m1/s1.